The van der Waals surface area contributed by atoms with Crippen LogP contribution in [0.4, 0.5) is 5.82 Å². The first kappa shape index (κ1) is 8.54. The van der Waals surface area contributed by atoms with Gasteiger partial charge in [-0.05, 0) is 42.4 Å². The van der Waals surface area contributed by atoms with Crippen molar-refractivity contribution in [2.24, 2.45) is 5.92 Å². The maximum atomic E-state index is 5.85. The van der Waals surface area contributed by atoms with Crippen LogP contribution in [0.15, 0.2) is 12.3 Å². The fourth-order valence-corrected chi connectivity index (χ4v) is 2.14. The highest BCUT2D eigenvalue weighted by atomic mass is 14.8. The van der Waals surface area contributed by atoms with E-state index >= 15 is 0 Å². The van der Waals surface area contributed by atoms with Crippen molar-refractivity contribution in [1.82, 2.24) is 4.98 Å². The smallest absolute Gasteiger partial charge is 0.126 e. The van der Waals surface area contributed by atoms with E-state index in [1.807, 2.05) is 6.20 Å². The minimum atomic E-state index is 0.742. The molecule has 70 valence electrons. The van der Waals surface area contributed by atoms with Crippen LogP contribution in [0.5, 0.6) is 0 Å². The van der Waals surface area contributed by atoms with Crippen LogP contribution in [0, 0.1) is 5.92 Å². The lowest BCUT2D eigenvalue weighted by molar-refractivity contribution is 0.526. The van der Waals surface area contributed by atoms with Gasteiger partial charge in [0.2, 0.25) is 0 Å². The number of nitrogens with zero attached hydrogens (tertiary/aromatic N) is 1. The number of hydrogen-bond donors (Lipinski definition) is 1. The Morgan fingerprint density at radius 3 is 3.23 bits per heavy atom. The molecule has 0 saturated carbocycles. The summed E-state index contributed by atoms with van der Waals surface area (Å²) in [7, 11) is 0. The van der Waals surface area contributed by atoms with Gasteiger partial charge in [-0.15, -0.1) is 0 Å². The first-order chi connectivity index (χ1) is 6.27. The van der Waals surface area contributed by atoms with E-state index < -0.39 is 0 Å². The van der Waals surface area contributed by atoms with E-state index in [2.05, 4.69) is 18.0 Å². The summed E-state index contributed by atoms with van der Waals surface area (Å²) in [5.74, 6) is 1.54. The minimum absolute atomic E-state index is 0.742. The third-order valence-corrected chi connectivity index (χ3v) is 2.88. The maximum absolute atomic E-state index is 5.85. The number of fused-ring (bicyclic) bond motifs is 1. The number of nitrogens with two attached hydrogens (primary N) is 1. The van der Waals surface area contributed by atoms with E-state index in [1.165, 1.54) is 30.4 Å². The van der Waals surface area contributed by atoms with Crippen LogP contribution >= 0.6 is 0 Å². The molecule has 0 amide bonds. The van der Waals surface area contributed by atoms with Crippen molar-refractivity contribution >= 4 is 5.82 Å². The van der Waals surface area contributed by atoms with Crippen molar-refractivity contribution in [2.45, 2.75) is 32.6 Å². The zero-order valence-corrected chi connectivity index (χ0v) is 8.09. The van der Waals surface area contributed by atoms with Gasteiger partial charge in [-0.3, -0.25) is 0 Å². The van der Waals surface area contributed by atoms with Crippen molar-refractivity contribution in [3.63, 3.8) is 0 Å². The zero-order chi connectivity index (χ0) is 9.26. The molecule has 2 N–H and O–H groups in total. The molecule has 2 heteroatoms. The normalized spacial score (nSPS) is 22.1. The lowest BCUT2D eigenvalue weighted by Crippen LogP contribution is -2.02. The Bertz CT molecular complexity index is 307. The van der Waals surface area contributed by atoms with Crippen LogP contribution < -0.4 is 5.73 Å². The van der Waals surface area contributed by atoms with Crippen molar-refractivity contribution in [3.8, 4) is 0 Å². The Labute approximate surface area is 79.2 Å². The largest absolute Gasteiger partial charge is 0.383 e. The van der Waals surface area contributed by atoms with Crippen molar-refractivity contribution < 1.29 is 0 Å². The molecular formula is C11H16N2. The highest BCUT2D eigenvalue weighted by molar-refractivity contribution is 5.45. The van der Waals surface area contributed by atoms with Crippen LogP contribution in [-0.4, -0.2) is 4.98 Å². The predicted octanol–water partition coefficient (Wildman–Crippen LogP) is 2.18. The first-order valence-corrected chi connectivity index (χ1v) is 4.99. The molecule has 0 aliphatic heterocycles. The number of rotatable bonds is 0. The van der Waals surface area contributed by atoms with Gasteiger partial charge in [-0.1, -0.05) is 13.3 Å². The van der Waals surface area contributed by atoms with E-state index in [0.29, 0.717) is 0 Å². The highest BCUT2D eigenvalue weighted by Gasteiger charge is 2.14. The fraction of sp³-hybridized carbons (Fsp3) is 0.545. The monoisotopic (exact) mass is 176 g/mol. The Morgan fingerprint density at radius 1 is 1.54 bits per heavy atom. The van der Waals surface area contributed by atoms with E-state index in [-0.39, 0.29) is 0 Å². The summed E-state index contributed by atoms with van der Waals surface area (Å²) in [6, 6.07) is 2.12. The van der Waals surface area contributed by atoms with Crippen molar-refractivity contribution in [1.29, 1.82) is 0 Å². The standard InChI is InChI=1S/C11H16N2/c1-8-3-2-4-10-9(7-8)5-6-13-11(10)12/h5-6,8H,2-4,7H2,1H3,(H2,12,13). The molecule has 1 aromatic heterocycles. The average Bonchev–Trinajstić information content (AvgIpc) is 2.27. The molecule has 2 nitrogen and oxygen atoms in total. The molecule has 1 atom stereocenters. The highest BCUT2D eigenvalue weighted by Crippen LogP contribution is 2.26. The van der Waals surface area contributed by atoms with Crippen molar-refractivity contribution in [2.75, 3.05) is 5.73 Å². The summed E-state index contributed by atoms with van der Waals surface area (Å²) >= 11 is 0. The molecule has 0 bridgehead atoms. The fourth-order valence-electron chi connectivity index (χ4n) is 2.14. The zero-order valence-electron chi connectivity index (χ0n) is 8.09. The number of aromatic nitrogens is 1. The average molecular weight is 176 g/mol. The van der Waals surface area contributed by atoms with Gasteiger partial charge < -0.3 is 5.73 Å². The quantitative estimate of drug-likeness (QED) is 0.615. The van der Waals surface area contributed by atoms with Gasteiger partial charge in [-0.25, -0.2) is 4.98 Å². The summed E-state index contributed by atoms with van der Waals surface area (Å²) < 4.78 is 0. The van der Waals surface area contributed by atoms with Gasteiger partial charge in [-0.2, -0.15) is 0 Å². The molecule has 13 heavy (non-hydrogen) atoms. The Kier molecular flexibility index (Phi) is 2.21. The van der Waals surface area contributed by atoms with Gasteiger partial charge in [0.25, 0.3) is 0 Å². The molecule has 0 spiro atoms. The van der Waals surface area contributed by atoms with E-state index in [4.69, 9.17) is 5.73 Å². The molecule has 1 aliphatic carbocycles. The molecular weight excluding hydrogens is 160 g/mol. The van der Waals surface area contributed by atoms with Gasteiger partial charge in [0.15, 0.2) is 0 Å². The van der Waals surface area contributed by atoms with Crippen LogP contribution in [0.1, 0.15) is 30.9 Å². The molecule has 0 fully saturated rings. The van der Waals surface area contributed by atoms with Gasteiger partial charge in [0.05, 0.1) is 0 Å². The third kappa shape index (κ3) is 1.67. The predicted molar refractivity (Wildman–Crippen MR) is 54.5 cm³/mol. The van der Waals surface area contributed by atoms with Crippen LogP contribution in [0.3, 0.4) is 0 Å². The molecule has 0 radical (unpaired) electrons. The third-order valence-electron chi connectivity index (χ3n) is 2.88. The minimum Gasteiger partial charge on any atom is -0.383 e. The number of nitrogen functional groups attached to an aromatic ring is 1. The Morgan fingerprint density at radius 2 is 2.38 bits per heavy atom. The number of hydrogen-bond acceptors (Lipinski definition) is 2. The lowest BCUT2D eigenvalue weighted by atomic mass is 9.99. The van der Waals surface area contributed by atoms with Gasteiger partial charge in [0.1, 0.15) is 5.82 Å². The maximum Gasteiger partial charge on any atom is 0.126 e. The van der Waals surface area contributed by atoms with Crippen LogP contribution in [0.25, 0.3) is 0 Å². The van der Waals surface area contributed by atoms with E-state index in [0.717, 1.165) is 18.2 Å². The lowest BCUT2D eigenvalue weighted by Gasteiger charge is -2.08. The number of pyridine rings is 1. The molecule has 0 aromatic carbocycles. The second kappa shape index (κ2) is 3.36. The SMILES string of the molecule is CC1CCCc2c(ccnc2N)C1. The summed E-state index contributed by atoms with van der Waals surface area (Å²) in [4.78, 5) is 4.14. The summed E-state index contributed by atoms with van der Waals surface area (Å²) in [5, 5.41) is 0. The van der Waals surface area contributed by atoms with Crippen molar-refractivity contribution in [3.05, 3.63) is 23.4 Å². The summed E-state index contributed by atoms with van der Waals surface area (Å²) in [5.41, 5.74) is 8.56. The Balaban J connectivity index is 2.39. The van der Waals surface area contributed by atoms with Gasteiger partial charge in [0, 0.05) is 6.20 Å². The van der Waals surface area contributed by atoms with Crippen LogP contribution in [-0.2, 0) is 12.8 Å². The molecule has 1 aliphatic rings. The van der Waals surface area contributed by atoms with Crippen LogP contribution in [0.2, 0.25) is 0 Å². The second-order valence-corrected chi connectivity index (χ2v) is 4.04. The van der Waals surface area contributed by atoms with E-state index in [9.17, 15) is 0 Å². The second-order valence-electron chi connectivity index (χ2n) is 4.04. The molecule has 1 aromatic rings. The molecule has 2 rings (SSSR count). The topological polar surface area (TPSA) is 38.9 Å². The Hall–Kier alpha value is -1.05. The molecule has 1 unspecified atom stereocenters. The summed E-state index contributed by atoms with van der Waals surface area (Å²) in [6.45, 7) is 2.31. The molecule has 1 heterocycles. The summed E-state index contributed by atoms with van der Waals surface area (Å²) in [6.07, 6.45) is 6.67. The molecule has 0 saturated heterocycles. The first-order valence-electron chi connectivity index (χ1n) is 4.99. The van der Waals surface area contributed by atoms with E-state index in [1.54, 1.807) is 0 Å². The van der Waals surface area contributed by atoms with Gasteiger partial charge >= 0.3 is 0 Å². The number of anilines is 1.